The van der Waals surface area contributed by atoms with Crippen molar-refractivity contribution in [3.63, 3.8) is 0 Å². The average molecular weight is 589 g/mol. The second-order valence-corrected chi connectivity index (χ2v) is 12.8. The Morgan fingerprint density at radius 2 is 1.05 bits per heavy atom. The molecule has 0 radical (unpaired) electrons. The summed E-state index contributed by atoms with van der Waals surface area (Å²) in [5.41, 5.74) is 1.35. The van der Waals surface area contributed by atoms with Crippen LogP contribution in [0.3, 0.4) is 0 Å². The van der Waals surface area contributed by atoms with Crippen LogP contribution in [0.5, 0.6) is 0 Å². The fraction of sp³-hybridized carbons (Fsp3) is 0.357. The Kier molecular flexibility index (Phi) is 11.2. The zero-order chi connectivity index (χ0) is 29.2. The Morgan fingerprint density at radius 3 is 1.45 bits per heavy atom. The van der Waals surface area contributed by atoms with E-state index in [2.05, 4.69) is 38.8 Å². The van der Waals surface area contributed by atoms with Crippen molar-refractivity contribution >= 4 is 42.8 Å². The molecule has 0 aliphatic heterocycles. The Hall–Kier alpha value is -3.32. The number of hydrogen-bond acceptors (Lipinski definition) is 8. The van der Waals surface area contributed by atoms with Crippen molar-refractivity contribution < 1.29 is 16.8 Å². The maximum Gasteiger partial charge on any atom is 0.263 e. The van der Waals surface area contributed by atoms with Crippen LogP contribution in [0.2, 0.25) is 0 Å². The monoisotopic (exact) mass is 588 g/mol. The molecule has 0 heterocycles. The van der Waals surface area contributed by atoms with Gasteiger partial charge in [0.15, 0.2) is 0 Å². The van der Waals surface area contributed by atoms with E-state index in [9.17, 15) is 16.8 Å². The Bertz CT molecular complexity index is 1430. The first-order valence-electron chi connectivity index (χ1n) is 13.2. The number of benzene rings is 3. The number of likely N-dealkylation sites (N-methyl/N-ethyl adjacent to an activating group) is 2. The Morgan fingerprint density at radius 1 is 0.625 bits per heavy atom. The van der Waals surface area contributed by atoms with Crippen molar-refractivity contribution in [1.82, 2.24) is 9.80 Å². The third-order valence-corrected chi connectivity index (χ3v) is 9.07. The molecule has 0 atom stereocenters. The summed E-state index contributed by atoms with van der Waals surface area (Å²) in [7, 11) is -4.49. The first-order valence-corrected chi connectivity index (χ1v) is 16.2. The van der Waals surface area contributed by atoms with E-state index in [0.29, 0.717) is 48.9 Å². The molecule has 0 bridgehead atoms. The minimum absolute atomic E-state index is 0.164. The molecule has 10 nitrogen and oxygen atoms in total. The van der Waals surface area contributed by atoms with Gasteiger partial charge < -0.3 is 20.4 Å². The molecule has 0 amide bonds. The van der Waals surface area contributed by atoms with Crippen molar-refractivity contribution in [2.45, 2.75) is 23.6 Å². The minimum Gasteiger partial charge on any atom is -0.383 e. The zero-order valence-electron chi connectivity index (χ0n) is 23.5. The molecule has 0 saturated carbocycles. The first kappa shape index (κ1) is 31.2. The SMILES string of the molecule is CCN(CC)CCNc1cc(NCCN(C)C)c(S(=O)(=O)Nc2ccccc2)cc1S(=O)(=O)Nc1ccccc1. The smallest absolute Gasteiger partial charge is 0.263 e. The lowest BCUT2D eigenvalue weighted by molar-refractivity contribution is 0.316. The topological polar surface area (TPSA) is 123 Å². The molecule has 0 spiro atoms. The quantitative estimate of drug-likeness (QED) is 0.198. The van der Waals surface area contributed by atoms with Crippen LogP contribution in [0.4, 0.5) is 22.7 Å². The summed E-state index contributed by atoms with van der Waals surface area (Å²) in [4.78, 5) is 3.85. The van der Waals surface area contributed by atoms with Gasteiger partial charge in [-0.3, -0.25) is 9.44 Å². The normalized spacial score (nSPS) is 11.9. The molecule has 0 aromatic heterocycles. The van der Waals surface area contributed by atoms with Crippen LogP contribution in [0, 0.1) is 0 Å². The summed E-state index contributed by atoms with van der Waals surface area (Å²) in [6.07, 6.45) is 0. The van der Waals surface area contributed by atoms with E-state index in [-0.39, 0.29) is 9.79 Å². The van der Waals surface area contributed by atoms with Crippen LogP contribution >= 0.6 is 0 Å². The summed E-state index contributed by atoms with van der Waals surface area (Å²) in [5.74, 6) is 0. The Labute approximate surface area is 238 Å². The predicted molar refractivity (Wildman–Crippen MR) is 164 cm³/mol. The molecule has 0 aliphatic carbocycles. The van der Waals surface area contributed by atoms with Gasteiger partial charge in [0.05, 0.1) is 11.4 Å². The van der Waals surface area contributed by atoms with Crippen LogP contribution in [0.15, 0.2) is 82.6 Å². The van der Waals surface area contributed by atoms with Gasteiger partial charge in [0, 0.05) is 37.6 Å². The zero-order valence-corrected chi connectivity index (χ0v) is 25.1. The van der Waals surface area contributed by atoms with Crippen LogP contribution < -0.4 is 20.1 Å². The number of sulfonamides is 2. The highest BCUT2D eigenvalue weighted by Crippen LogP contribution is 2.34. The van der Waals surface area contributed by atoms with Crippen molar-refractivity contribution in [2.24, 2.45) is 0 Å². The predicted octanol–water partition coefficient (Wildman–Crippen LogP) is 4.02. The number of rotatable bonds is 16. The summed E-state index contributed by atoms with van der Waals surface area (Å²) >= 11 is 0. The lowest BCUT2D eigenvalue weighted by atomic mass is 10.2. The number of hydrogen-bond donors (Lipinski definition) is 4. The second kappa shape index (κ2) is 14.4. The van der Waals surface area contributed by atoms with Gasteiger partial charge in [-0.1, -0.05) is 50.2 Å². The van der Waals surface area contributed by atoms with Crippen molar-refractivity contribution in [3.05, 3.63) is 72.8 Å². The lowest BCUT2D eigenvalue weighted by Gasteiger charge is -2.22. The van der Waals surface area contributed by atoms with Crippen LogP contribution in [-0.4, -0.2) is 80.0 Å². The van der Waals surface area contributed by atoms with Crippen LogP contribution in [0.1, 0.15) is 13.8 Å². The van der Waals surface area contributed by atoms with Gasteiger partial charge in [-0.15, -0.1) is 0 Å². The number of nitrogens with zero attached hydrogens (tertiary/aromatic N) is 2. The summed E-state index contributed by atoms with van der Waals surface area (Å²) in [6.45, 7) is 8.11. The summed E-state index contributed by atoms with van der Waals surface area (Å²) < 4.78 is 59.8. The molecule has 12 heteroatoms. The molecule has 3 aromatic rings. The highest BCUT2D eigenvalue weighted by molar-refractivity contribution is 7.93. The minimum atomic E-state index is -4.17. The molecule has 0 unspecified atom stereocenters. The van der Waals surface area contributed by atoms with Crippen LogP contribution in [0.25, 0.3) is 0 Å². The maximum atomic E-state index is 13.7. The number of anilines is 4. The molecule has 0 saturated heterocycles. The van der Waals surface area contributed by atoms with Gasteiger partial charge >= 0.3 is 0 Å². The van der Waals surface area contributed by atoms with Gasteiger partial charge in [-0.2, -0.15) is 0 Å². The van der Waals surface area contributed by atoms with E-state index >= 15 is 0 Å². The largest absolute Gasteiger partial charge is 0.383 e. The highest BCUT2D eigenvalue weighted by atomic mass is 32.2. The average Bonchev–Trinajstić information content (AvgIpc) is 2.91. The van der Waals surface area contributed by atoms with Crippen molar-refractivity contribution in [2.75, 3.05) is 73.4 Å². The highest BCUT2D eigenvalue weighted by Gasteiger charge is 2.27. The van der Waals surface area contributed by atoms with E-state index in [1.165, 1.54) is 6.07 Å². The van der Waals surface area contributed by atoms with Crippen molar-refractivity contribution in [3.8, 4) is 0 Å². The molecule has 0 fully saturated rings. The third-order valence-electron chi connectivity index (χ3n) is 6.23. The third kappa shape index (κ3) is 8.85. The van der Waals surface area contributed by atoms with Crippen molar-refractivity contribution in [1.29, 1.82) is 0 Å². The molecular formula is C28H40N6O4S2. The molecular weight excluding hydrogens is 548 g/mol. The number of para-hydroxylation sites is 2. The van der Waals surface area contributed by atoms with Gasteiger partial charge in [-0.25, -0.2) is 16.8 Å². The van der Waals surface area contributed by atoms with Gasteiger partial charge in [0.25, 0.3) is 20.0 Å². The van der Waals surface area contributed by atoms with Gasteiger partial charge in [0.2, 0.25) is 0 Å². The molecule has 218 valence electrons. The molecule has 3 rings (SSSR count). The molecule has 0 aliphatic rings. The summed E-state index contributed by atoms with van der Waals surface area (Å²) in [5, 5.41) is 6.45. The molecule has 4 N–H and O–H groups in total. The fourth-order valence-corrected chi connectivity index (χ4v) is 6.59. The van der Waals surface area contributed by atoms with Gasteiger partial charge in [-0.05, 0) is 63.6 Å². The molecule has 3 aromatic carbocycles. The second-order valence-electron chi connectivity index (χ2n) is 9.47. The van der Waals surface area contributed by atoms with E-state index < -0.39 is 20.0 Å². The van der Waals surface area contributed by atoms with Gasteiger partial charge in [0.1, 0.15) is 9.79 Å². The lowest BCUT2D eigenvalue weighted by Crippen LogP contribution is -2.29. The van der Waals surface area contributed by atoms with E-state index in [0.717, 1.165) is 13.1 Å². The molecule has 40 heavy (non-hydrogen) atoms. The van der Waals surface area contributed by atoms with E-state index in [1.807, 2.05) is 19.0 Å². The van der Waals surface area contributed by atoms with E-state index in [4.69, 9.17) is 0 Å². The fourth-order valence-electron chi connectivity index (χ4n) is 4.02. The standard InChI is InChI=1S/C28H40N6O4S2/c1-5-34(6-2)20-18-30-26-21-25(29-17-19-33(3)4)27(39(35,36)31-23-13-9-7-10-14-23)22-28(26)40(37,38)32-24-15-11-8-12-16-24/h7-16,21-22,29-32H,5-6,17-20H2,1-4H3. The summed E-state index contributed by atoms with van der Waals surface area (Å²) in [6, 6.07) is 19.8. The Balaban J connectivity index is 2.11. The number of nitrogens with one attached hydrogen (secondary N) is 4. The van der Waals surface area contributed by atoms with Crippen LogP contribution in [-0.2, 0) is 20.0 Å². The first-order chi connectivity index (χ1) is 19.1. The maximum absolute atomic E-state index is 13.7. The van der Waals surface area contributed by atoms with E-state index in [1.54, 1.807) is 66.7 Å².